The lowest BCUT2D eigenvalue weighted by Gasteiger charge is -2.09. The van der Waals surface area contributed by atoms with Gasteiger partial charge in [-0.1, -0.05) is 35.9 Å². The predicted molar refractivity (Wildman–Crippen MR) is 115 cm³/mol. The number of thiazole rings is 1. The monoisotopic (exact) mass is 393 g/mol. The minimum absolute atomic E-state index is 0.123. The molecule has 144 valence electrons. The molecule has 0 spiro atoms. The number of ether oxygens (including phenoxy) is 1. The van der Waals surface area contributed by atoms with Crippen LogP contribution in [0.4, 0.5) is 0 Å². The number of hydrogen-bond acceptors (Lipinski definition) is 5. The SMILES string of the molecule is C=CCN=c1scc(-c2ccc(C)cc2)n1N=C(C)c1ccc(OC)cc1O. The standard InChI is InChI=1S/C22H23N3O2S/c1-5-12-23-22-25(20(14-28-22)17-8-6-15(2)7-9-17)24-16(3)19-11-10-18(27-4)13-21(19)26/h5-11,13-14,26H,1,12H2,2-4H3. The summed E-state index contributed by atoms with van der Waals surface area (Å²) >= 11 is 1.52. The van der Waals surface area contributed by atoms with Crippen LogP contribution in [0.3, 0.4) is 0 Å². The van der Waals surface area contributed by atoms with E-state index in [4.69, 9.17) is 9.84 Å². The molecule has 1 aromatic heterocycles. The summed E-state index contributed by atoms with van der Waals surface area (Å²) in [4.78, 5) is 5.33. The third kappa shape index (κ3) is 4.23. The molecule has 1 heterocycles. The van der Waals surface area contributed by atoms with Crippen LogP contribution in [0.5, 0.6) is 11.5 Å². The molecule has 1 N–H and O–H groups in total. The Bertz CT molecular complexity index is 1080. The maximum Gasteiger partial charge on any atom is 0.206 e. The van der Waals surface area contributed by atoms with Crippen molar-refractivity contribution in [1.29, 1.82) is 0 Å². The van der Waals surface area contributed by atoms with Crippen molar-refractivity contribution in [3.05, 3.63) is 76.4 Å². The van der Waals surface area contributed by atoms with E-state index in [1.807, 2.05) is 17.0 Å². The zero-order valence-corrected chi connectivity index (χ0v) is 17.0. The molecule has 0 unspecified atom stereocenters. The second kappa shape index (κ2) is 8.71. The van der Waals surface area contributed by atoms with Crippen LogP contribution in [0.15, 0.2) is 70.6 Å². The molecule has 0 bridgehead atoms. The molecule has 3 rings (SSSR count). The highest BCUT2D eigenvalue weighted by Gasteiger charge is 2.11. The summed E-state index contributed by atoms with van der Waals surface area (Å²) in [6, 6.07) is 13.5. The van der Waals surface area contributed by atoms with Crippen LogP contribution in [0, 0.1) is 6.92 Å². The van der Waals surface area contributed by atoms with E-state index >= 15 is 0 Å². The van der Waals surface area contributed by atoms with Gasteiger partial charge in [0.15, 0.2) is 0 Å². The molecule has 0 aliphatic heterocycles. The normalized spacial score (nSPS) is 12.2. The van der Waals surface area contributed by atoms with Crippen molar-refractivity contribution < 1.29 is 9.84 Å². The fourth-order valence-corrected chi connectivity index (χ4v) is 3.56. The van der Waals surface area contributed by atoms with E-state index in [1.54, 1.807) is 31.4 Å². The fourth-order valence-electron chi connectivity index (χ4n) is 2.72. The minimum atomic E-state index is 0.123. The van der Waals surface area contributed by atoms with E-state index in [-0.39, 0.29) is 5.75 Å². The molecule has 2 aromatic carbocycles. The molecule has 0 aliphatic rings. The third-order valence-electron chi connectivity index (χ3n) is 4.23. The number of hydrogen-bond donors (Lipinski definition) is 1. The number of nitrogens with zero attached hydrogens (tertiary/aromatic N) is 3. The molecule has 0 saturated heterocycles. The summed E-state index contributed by atoms with van der Waals surface area (Å²) in [5.74, 6) is 0.720. The Morgan fingerprint density at radius 3 is 2.64 bits per heavy atom. The van der Waals surface area contributed by atoms with Gasteiger partial charge in [0.05, 0.1) is 25.1 Å². The molecule has 0 atom stereocenters. The second-order valence-corrected chi connectivity index (χ2v) is 7.12. The van der Waals surface area contributed by atoms with E-state index < -0.39 is 0 Å². The van der Waals surface area contributed by atoms with Gasteiger partial charge in [0.1, 0.15) is 11.5 Å². The van der Waals surface area contributed by atoms with Gasteiger partial charge in [0, 0.05) is 22.6 Å². The van der Waals surface area contributed by atoms with Crippen LogP contribution in [0.2, 0.25) is 0 Å². The van der Waals surface area contributed by atoms with Crippen LogP contribution >= 0.6 is 11.3 Å². The van der Waals surface area contributed by atoms with E-state index in [9.17, 15) is 5.11 Å². The molecule has 28 heavy (non-hydrogen) atoms. The molecular weight excluding hydrogens is 370 g/mol. The average Bonchev–Trinajstić information content (AvgIpc) is 3.09. The highest BCUT2D eigenvalue weighted by atomic mass is 32.1. The number of phenols is 1. The molecule has 0 fully saturated rings. The summed E-state index contributed by atoms with van der Waals surface area (Å²) in [5, 5.41) is 17.2. The van der Waals surface area contributed by atoms with Gasteiger partial charge < -0.3 is 9.84 Å². The number of aromatic nitrogens is 1. The zero-order chi connectivity index (χ0) is 20.1. The van der Waals surface area contributed by atoms with Crippen LogP contribution in [0.25, 0.3) is 11.3 Å². The maximum absolute atomic E-state index is 10.3. The first kappa shape index (κ1) is 19.6. The van der Waals surface area contributed by atoms with Crippen LogP contribution in [-0.4, -0.2) is 29.1 Å². The second-order valence-electron chi connectivity index (χ2n) is 6.28. The van der Waals surface area contributed by atoms with Crippen molar-refractivity contribution in [2.45, 2.75) is 13.8 Å². The van der Waals surface area contributed by atoms with Crippen molar-refractivity contribution in [3.8, 4) is 22.8 Å². The summed E-state index contributed by atoms with van der Waals surface area (Å²) in [5.41, 5.74) is 4.51. The van der Waals surface area contributed by atoms with Crippen molar-refractivity contribution in [3.63, 3.8) is 0 Å². The van der Waals surface area contributed by atoms with E-state index in [0.29, 0.717) is 23.6 Å². The minimum Gasteiger partial charge on any atom is -0.507 e. The Labute approximate surface area is 168 Å². The molecule has 6 heteroatoms. The van der Waals surface area contributed by atoms with E-state index in [1.165, 1.54) is 16.9 Å². The van der Waals surface area contributed by atoms with Gasteiger partial charge in [-0.05, 0) is 26.0 Å². The number of aryl methyl sites for hydroxylation is 1. The topological polar surface area (TPSA) is 59.1 Å². The first-order valence-corrected chi connectivity index (χ1v) is 9.73. The average molecular weight is 394 g/mol. The lowest BCUT2D eigenvalue weighted by Crippen LogP contribution is -2.14. The van der Waals surface area contributed by atoms with Crippen molar-refractivity contribution in [1.82, 2.24) is 4.68 Å². The van der Waals surface area contributed by atoms with Gasteiger partial charge in [-0.25, -0.2) is 4.68 Å². The fraction of sp³-hybridized carbons (Fsp3) is 0.182. The van der Waals surface area contributed by atoms with E-state index in [0.717, 1.165) is 16.1 Å². The smallest absolute Gasteiger partial charge is 0.206 e. The number of methoxy groups -OCH3 is 1. The molecule has 0 aliphatic carbocycles. The van der Waals surface area contributed by atoms with Gasteiger partial charge >= 0.3 is 0 Å². The maximum atomic E-state index is 10.3. The summed E-state index contributed by atoms with van der Waals surface area (Å²) in [7, 11) is 1.57. The summed E-state index contributed by atoms with van der Waals surface area (Å²) in [6.07, 6.45) is 1.75. The number of rotatable bonds is 6. The molecular formula is C22H23N3O2S. The van der Waals surface area contributed by atoms with Crippen LogP contribution < -0.4 is 9.54 Å². The first-order valence-electron chi connectivity index (χ1n) is 8.85. The Morgan fingerprint density at radius 2 is 2.00 bits per heavy atom. The molecule has 5 nitrogen and oxygen atoms in total. The van der Waals surface area contributed by atoms with Gasteiger partial charge in [-0.3, -0.25) is 4.99 Å². The first-order chi connectivity index (χ1) is 13.5. The molecule has 0 amide bonds. The lowest BCUT2D eigenvalue weighted by molar-refractivity contribution is 0.407. The van der Waals surface area contributed by atoms with Crippen molar-refractivity contribution in [2.24, 2.45) is 10.1 Å². The van der Waals surface area contributed by atoms with Gasteiger partial charge in [-0.2, -0.15) is 5.10 Å². The highest BCUT2D eigenvalue weighted by molar-refractivity contribution is 7.07. The van der Waals surface area contributed by atoms with Gasteiger partial charge in [0.25, 0.3) is 0 Å². The van der Waals surface area contributed by atoms with E-state index in [2.05, 4.69) is 42.8 Å². The largest absolute Gasteiger partial charge is 0.507 e. The predicted octanol–water partition coefficient (Wildman–Crippen LogP) is 4.60. The third-order valence-corrected chi connectivity index (χ3v) is 5.09. The van der Waals surface area contributed by atoms with Gasteiger partial charge in [-0.15, -0.1) is 17.9 Å². The van der Waals surface area contributed by atoms with Crippen LogP contribution in [-0.2, 0) is 0 Å². The van der Waals surface area contributed by atoms with Gasteiger partial charge in [0.2, 0.25) is 4.80 Å². The number of aromatic hydroxyl groups is 1. The Balaban J connectivity index is 2.13. The quantitative estimate of drug-likeness (QED) is 0.491. The number of phenolic OH excluding ortho intramolecular Hbond substituents is 1. The van der Waals surface area contributed by atoms with Crippen molar-refractivity contribution >= 4 is 17.0 Å². The Kier molecular flexibility index (Phi) is 6.11. The number of benzene rings is 2. The molecule has 0 radical (unpaired) electrons. The summed E-state index contributed by atoms with van der Waals surface area (Å²) < 4.78 is 6.98. The Morgan fingerprint density at radius 1 is 1.25 bits per heavy atom. The Hall–Kier alpha value is -3.12. The van der Waals surface area contributed by atoms with Crippen molar-refractivity contribution in [2.75, 3.05) is 13.7 Å². The molecule has 3 aromatic rings. The zero-order valence-electron chi connectivity index (χ0n) is 16.2. The summed E-state index contributed by atoms with van der Waals surface area (Å²) in [6.45, 7) is 8.17. The highest BCUT2D eigenvalue weighted by Crippen LogP contribution is 2.25. The molecule has 0 saturated carbocycles. The van der Waals surface area contributed by atoms with Crippen LogP contribution in [0.1, 0.15) is 18.1 Å². The lowest BCUT2D eigenvalue weighted by atomic mass is 10.1.